The maximum absolute atomic E-state index is 13.1. The first-order chi connectivity index (χ1) is 12.0. The lowest BCUT2D eigenvalue weighted by molar-refractivity contribution is -0.169. The molecule has 2 aromatic heterocycles. The van der Waals surface area contributed by atoms with E-state index in [0.717, 1.165) is 12.8 Å². The Balaban J connectivity index is 1.57. The predicted octanol–water partition coefficient (Wildman–Crippen LogP) is 3.79. The van der Waals surface area contributed by atoms with Gasteiger partial charge in [0.1, 0.15) is 6.10 Å². The molecule has 0 spiro atoms. The summed E-state index contributed by atoms with van der Waals surface area (Å²) in [7, 11) is 0. The van der Waals surface area contributed by atoms with Gasteiger partial charge in [-0.2, -0.15) is 0 Å². The van der Waals surface area contributed by atoms with Crippen molar-refractivity contribution in [2.24, 2.45) is 11.8 Å². The van der Waals surface area contributed by atoms with Crippen molar-refractivity contribution in [2.75, 3.05) is 0 Å². The summed E-state index contributed by atoms with van der Waals surface area (Å²) in [5, 5.41) is 15.0. The van der Waals surface area contributed by atoms with E-state index < -0.39 is 11.6 Å². The maximum Gasteiger partial charge on any atom is 0.349 e. The Kier molecular flexibility index (Phi) is 4.48. The SMILES string of the molecule is CC1CC(OC(=O)C(O)(c2cccs2)c2cccs2)CC(C)C2OC12. The van der Waals surface area contributed by atoms with Crippen LogP contribution in [0.1, 0.15) is 36.4 Å². The molecule has 6 heteroatoms. The fraction of sp³-hybridized carbons (Fsp3) is 0.526. The number of carbonyl (C=O) groups is 1. The normalized spacial score (nSPS) is 31.9. The van der Waals surface area contributed by atoms with Crippen LogP contribution in [0.15, 0.2) is 35.0 Å². The van der Waals surface area contributed by atoms with E-state index in [1.807, 2.05) is 22.9 Å². The molecule has 0 radical (unpaired) electrons. The Labute approximate surface area is 155 Å². The van der Waals surface area contributed by atoms with Gasteiger partial charge in [0.05, 0.1) is 22.0 Å². The van der Waals surface area contributed by atoms with Crippen LogP contribution in [0.2, 0.25) is 0 Å². The van der Waals surface area contributed by atoms with Gasteiger partial charge in [-0.25, -0.2) is 4.79 Å². The van der Waals surface area contributed by atoms with Crippen molar-refractivity contribution in [3.05, 3.63) is 44.8 Å². The number of carbonyl (C=O) groups excluding carboxylic acids is 1. The predicted molar refractivity (Wildman–Crippen MR) is 97.7 cm³/mol. The van der Waals surface area contributed by atoms with E-state index in [1.54, 1.807) is 12.1 Å². The van der Waals surface area contributed by atoms with Crippen LogP contribution in [0.3, 0.4) is 0 Å². The molecule has 3 heterocycles. The van der Waals surface area contributed by atoms with Crippen LogP contribution in [-0.4, -0.2) is 29.4 Å². The number of aliphatic hydroxyl groups is 1. The Morgan fingerprint density at radius 1 is 1.12 bits per heavy atom. The topological polar surface area (TPSA) is 59.1 Å². The van der Waals surface area contributed by atoms with Crippen molar-refractivity contribution >= 4 is 28.6 Å². The Morgan fingerprint density at radius 3 is 2.08 bits per heavy atom. The Hall–Kier alpha value is -1.21. The first kappa shape index (κ1) is 17.2. The van der Waals surface area contributed by atoms with E-state index in [2.05, 4.69) is 13.8 Å². The molecule has 0 aromatic carbocycles. The van der Waals surface area contributed by atoms with Crippen LogP contribution < -0.4 is 0 Å². The van der Waals surface area contributed by atoms with Crippen LogP contribution in [0, 0.1) is 11.8 Å². The summed E-state index contributed by atoms with van der Waals surface area (Å²) in [5.41, 5.74) is -1.72. The second kappa shape index (κ2) is 6.50. The van der Waals surface area contributed by atoms with Gasteiger partial charge in [0, 0.05) is 0 Å². The molecule has 4 nitrogen and oxygen atoms in total. The van der Waals surface area contributed by atoms with E-state index in [0.29, 0.717) is 33.8 Å². The monoisotopic (exact) mass is 378 g/mol. The second-order valence-corrected chi connectivity index (χ2v) is 9.08. The third-order valence-corrected chi connectivity index (χ3v) is 7.23. The number of ether oxygens (including phenoxy) is 2. The van der Waals surface area contributed by atoms with Gasteiger partial charge in [0.2, 0.25) is 5.60 Å². The molecule has 2 aromatic rings. The third-order valence-electron chi connectivity index (χ3n) is 5.28. The zero-order chi connectivity index (χ0) is 17.6. The minimum Gasteiger partial charge on any atom is -0.460 e. The van der Waals surface area contributed by atoms with Crippen molar-refractivity contribution < 1.29 is 19.4 Å². The van der Waals surface area contributed by atoms with Gasteiger partial charge in [-0.15, -0.1) is 22.7 Å². The molecule has 4 rings (SSSR count). The first-order valence-corrected chi connectivity index (χ1v) is 10.4. The molecule has 0 bridgehead atoms. The van der Waals surface area contributed by atoms with Gasteiger partial charge in [0.15, 0.2) is 0 Å². The number of thiophene rings is 2. The largest absolute Gasteiger partial charge is 0.460 e. The molecule has 2 fully saturated rings. The van der Waals surface area contributed by atoms with Gasteiger partial charge in [-0.1, -0.05) is 26.0 Å². The van der Waals surface area contributed by atoms with E-state index in [4.69, 9.17) is 9.47 Å². The van der Waals surface area contributed by atoms with Crippen molar-refractivity contribution in [1.29, 1.82) is 0 Å². The molecule has 0 amide bonds. The average molecular weight is 379 g/mol. The highest BCUT2D eigenvalue weighted by atomic mass is 32.1. The second-order valence-electron chi connectivity index (χ2n) is 7.18. The molecule has 1 saturated carbocycles. The molecule has 1 N–H and O–H groups in total. The smallest absolute Gasteiger partial charge is 0.349 e. The summed E-state index contributed by atoms with van der Waals surface area (Å²) in [6.45, 7) is 4.29. The standard InChI is InChI=1S/C19H22O4S2/c1-11-9-13(10-12(2)17-16(11)23-17)22-18(20)19(21,14-5-3-7-24-14)15-6-4-8-25-15/h3-8,11-13,16-17,21H,9-10H2,1-2H3. The first-order valence-electron chi connectivity index (χ1n) is 8.67. The molecule has 4 atom stereocenters. The summed E-state index contributed by atoms with van der Waals surface area (Å²) in [4.78, 5) is 14.3. The lowest BCUT2D eigenvalue weighted by atomic mass is 9.98. The fourth-order valence-corrected chi connectivity index (χ4v) is 5.58. The molecule has 1 saturated heterocycles. The maximum atomic E-state index is 13.1. The minimum atomic E-state index is -1.72. The highest BCUT2D eigenvalue weighted by Gasteiger charge is 2.51. The summed E-state index contributed by atoms with van der Waals surface area (Å²) in [6, 6.07) is 7.25. The van der Waals surface area contributed by atoms with Crippen molar-refractivity contribution in [3.8, 4) is 0 Å². The molecule has 25 heavy (non-hydrogen) atoms. The number of hydrogen-bond donors (Lipinski definition) is 1. The number of hydrogen-bond acceptors (Lipinski definition) is 6. The van der Waals surface area contributed by atoms with Gasteiger partial charge in [0.25, 0.3) is 0 Å². The minimum absolute atomic E-state index is 0.180. The third kappa shape index (κ3) is 3.05. The molecule has 4 unspecified atom stereocenters. The van der Waals surface area contributed by atoms with E-state index >= 15 is 0 Å². The van der Waals surface area contributed by atoms with Gasteiger partial charge >= 0.3 is 5.97 Å². The quantitative estimate of drug-likeness (QED) is 0.650. The Bertz CT molecular complexity index is 674. The lowest BCUT2D eigenvalue weighted by Crippen LogP contribution is -2.39. The molecule has 2 aliphatic rings. The van der Waals surface area contributed by atoms with Gasteiger partial charge in [-0.3, -0.25) is 0 Å². The van der Waals surface area contributed by atoms with Gasteiger partial charge in [-0.05, 0) is 47.6 Å². The number of fused-ring (bicyclic) bond motifs is 1. The highest BCUT2D eigenvalue weighted by Crippen LogP contribution is 2.44. The molecular formula is C19H22O4S2. The molecule has 1 aliphatic carbocycles. The van der Waals surface area contributed by atoms with Gasteiger partial charge < -0.3 is 14.6 Å². The van der Waals surface area contributed by atoms with Crippen LogP contribution in [-0.2, 0) is 19.9 Å². The zero-order valence-corrected chi connectivity index (χ0v) is 15.9. The fourth-order valence-electron chi connectivity index (χ4n) is 3.87. The number of rotatable bonds is 4. The lowest BCUT2D eigenvalue weighted by Gasteiger charge is -2.28. The molecule has 134 valence electrons. The van der Waals surface area contributed by atoms with Crippen molar-refractivity contribution in [1.82, 2.24) is 0 Å². The number of epoxide rings is 1. The van der Waals surface area contributed by atoms with Crippen LogP contribution in [0.4, 0.5) is 0 Å². The van der Waals surface area contributed by atoms with Crippen LogP contribution >= 0.6 is 22.7 Å². The van der Waals surface area contributed by atoms with Crippen LogP contribution in [0.25, 0.3) is 0 Å². The Morgan fingerprint density at radius 2 is 1.64 bits per heavy atom. The summed E-state index contributed by atoms with van der Waals surface area (Å²) in [5.74, 6) is 0.159. The van der Waals surface area contributed by atoms with Crippen LogP contribution in [0.5, 0.6) is 0 Å². The van der Waals surface area contributed by atoms with Crippen molar-refractivity contribution in [2.45, 2.75) is 50.6 Å². The van der Waals surface area contributed by atoms with E-state index in [9.17, 15) is 9.90 Å². The average Bonchev–Trinajstić information content (AvgIpc) is 3.01. The summed E-state index contributed by atoms with van der Waals surface area (Å²) >= 11 is 2.73. The van der Waals surface area contributed by atoms with E-state index in [-0.39, 0.29) is 6.10 Å². The van der Waals surface area contributed by atoms with E-state index in [1.165, 1.54) is 22.7 Å². The number of esters is 1. The molecular weight excluding hydrogens is 356 g/mol. The highest BCUT2D eigenvalue weighted by molar-refractivity contribution is 7.12. The summed E-state index contributed by atoms with van der Waals surface area (Å²) in [6.07, 6.45) is 1.98. The molecule has 1 aliphatic heterocycles. The zero-order valence-electron chi connectivity index (χ0n) is 14.3. The van der Waals surface area contributed by atoms with Crippen molar-refractivity contribution in [3.63, 3.8) is 0 Å². The summed E-state index contributed by atoms with van der Waals surface area (Å²) < 4.78 is 11.6.